The summed E-state index contributed by atoms with van der Waals surface area (Å²) in [5.41, 5.74) is 3.71. The molecule has 0 saturated heterocycles. The minimum Gasteiger partial charge on any atom is -0.351 e. The maximum Gasteiger partial charge on any atom is 0.275 e. The van der Waals surface area contributed by atoms with E-state index in [1.807, 2.05) is 6.07 Å². The smallest absolute Gasteiger partial charge is 0.275 e. The third kappa shape index (κ3) is 5.01. The van der Waals surface area contributed by atoms with E-state index in [0.717, 1.165) is 19.5 Å². The highest BCUT2D eigenvalue weighted by Gasteiger charge is 2.09. The average molecular weight is 297 g/mol. The maximum atomic E-state index is 11.7. The number of carbonyl (C=O) groups excluding carboxylic acids is 1. The molecule has 1 amide bonds. The van der Waals surface area contributed by atoms with Crippen molar-refractivity contribution in [3.8, 4) is 11.1 Å². The standard InChI is InChI=1S/C19H24N2O/c1-3-13-20-19(22)15-21(2)14-16-9-11-18(12-10-16)17-7-5-4-6-8-17/h4-12H,3,13-15H2,1-2H3,(H,20,22)/p+1. The summed E-state index contributed by atoms with van der Waals surface area (Å²) in [6.07, 6.45) is 0.978. The van der Waals surface area contributed by atoms with Gasteiger partial charge >= 0.3 is 0 Å². The molecule has 0 saturated carbocycles. The van der Waals surface area contributed by atoms with Crippen molar-refractivity contribution in [1.29, 1.82) is 0 Å². The SMILES string of the molecule is CCCNC(=O)C[NH+](C)Cc1ccc(-c2ccccc2)cc1. The summed E-state index contributed by atoms with van der Waals surface area (Å²) in [5.74, 6) is 0.125. The van der Waals surface area contributed by atoms with E-state index in [9.17, 15) is 4.79 Å². The Balaban J connectivity index is 1.90. The third-order valence-electron chi connectivity index (χ3n) is 3.60. The fourth-order valence-corrected chi connectivity index (χ4v) is 2.46. The molecule has 116 valence electrons. The van der Waals surface area contributed by atoms with Gasteiger partial charge in [-0.1, -0.05) is 61.5 Å². The number of likely N-dealkylation sites (N-methyl/N-ethyl adjacent to an activating group) is 1. The average Bonchev–Trinajstić information content (AvgIpc) is 2.54. The van der Waals surface area contributed by atoms with Crippen molar-refractivity contribution in [3.63, 3.8) is 0 Å². The van der Waals surface area contributed by atoms with E-state index in [1.54, 1.807) is 0 Å². The van der Waals surface area contributed by atoms with E-state index in [1.165, 1.54) is 21.6 Å². The normalized spacial score (nSPS) is 11.9. The number of carbonyl (C=O) groups is 1. The number of rotatable bonds is 7. The second-order valence-corrected chi connectivity index (χ2v) is 5.72. The number of quaternary nitrogens is 1. The Morgan fingerprint density at radius 2 is 1.64 bits per heavy atom. The first-order valence-electron chi connectivity index (χ1n) is 7.91. The van der Waals surface area contributed by atoms with Gasteiger partial charge in [0.15, 0.2) is 6.54 Å². The Kier molecular flexibility index (Phi) is 6.16. The van der Waals surface area contributed by atoms with Crippen LogP contribution in [0.4, 0.5) is 0 Å². The van der Waals surface area contributed by atoms with Crippen LogP contribution in [0.15, 0.2) is 54.6 Å². The second-order valence-electron chi connectivity index (χ2n) is 5.72. The molecular weight excluding hydrogens is 272 g/mol. The highest BCUT2D eigenvalue weighted by molar-refractivity contribution is 5.76. The fourth-order valence-electron chi connectivity index (χ4n) is 2.46. The van der Waals surface area contributed by atoms with Crippen LogP contribution in [-0.4, -0.2) is 26.0 Å². The van der Waals surface area contributed by atoms with E-state index >= 15 is 0 Å². The summed E-state index contributed by atoms with van der Waals surface area (Å²) in [6.45, 7) is 4.19. The largest absolute Gasteiger partial charge is 0.351 e. The molecule has 0 heterocycles. The molecule has 2 aromatic carbocycles. The van der Waals surface area contributed by atoms with Crippen LogP contribution in [0.3, 0.4) is 0 Å². The molecule has 0 fully saturated rings. The zero-order chi connectivity index (χ0) is 15.8. The topological polar surface area (TPSA) is 33.5 Å². The lowest BCUT2D eigenvalue weighted by Gasteiger charge is -2.14. The third-order valence-corrected chi connectivity index (χ3v) is 3.60. The first-order valence-corrected chi connectivity index (χ1v) is 7.91. The summed E-state index contributed by atoms with van der Waals surface area (Å²) < 4.78 is 0. The second kappa shape index (κ2) is 8.35. The Bertz CT molecular complexity index is 578. The van der Waals surface area contributed by atoms with Crippen molar-refractivity contribution in [2.24, 2.45) is 0 Å². The van der Waals surface area contributed by atoms with E-state index in [-0.39, 0.29) is 5.91 Å². The number of nitrogens with one attached hydrogen (secondary N) is 2. The van der Waals surface area contributed by atoms with Crippen molar-refractivity contribution >= 4 is 5.91 Å². The van der Waals surface area contributed by atoms with E-state index < -0.39 is 0 Å². The van der Waals surface area contributed by atoms with Gasteiger partial charge in [-0.25, -0.2) is 0 Å². The Labute approximate surface area is 133 Å². The first kappa shape index (κ1) is 16.2. The molecule has 2 rings (SSSR count). The van der Waals surface area contributed by atoms with E-state index in [0.29, 0.717) is 6.54 Å². The van der Waals surface area contributed by atoms with Gasteiger partial charge in [-0.05, 0) is 17.5 Å². The molecule has 2 aromatic rings. The molecule has 2 N–H and O–H groups in total. The Morgan fingerprint density at radius 3 is 2.27 bits per heavy atom. The van der Waals surface area contributed by atoms with Crippen LogP contribution in [0, 0.1) is 0 Å². The van der Waals surface area contributed by atoms with Gasteiger partial charge in [0.05, 0.1) is 7.05 Å². The van der Waals surface area contributed by atoms with Crippen molar-refractivity contribution in [1.82, 2.24) is 5.32 Å². The number of hydrogen-bond donors (Lipinski definition) is 2. The first-order chi connectivity index (χ1) is 10.7. The summed E-state index contributed by atoms with van der Waals surface area (Å²) in [5, 5.41) is 2.92. The lowest BCUT2D eigenvalue weighted by Crippen LogP contribution is -3.08. The van der Waals surface area contributed by atoms with Gasteiger partial charge < -0.3 is 10.2 Å². The van der Waals surface area contributed by atoms with Gasteiger partial charge in [0.1, 0.15) is 6.54 Å². The molecule has 0 bridgehead atoms. The zero-order valence-electron chi connectivity index (χ0n) is 13.4. The molecule has 0 aliphatic heterocycles. The van der Waals surface area contributed by atoms with Gasteiger partial charge in [-0.3, -0.25) is 4.79 Å². The van der Waals surface area contributed by atoms with Gasteiger partial charge in [0.2, 0.25) is 0 Å². The number of amides is 1. The predicted molar refractivity (Wildman–Crippen MR) is 90.6 cm³/mol. The molecule has 1 unspecified atom stereocenters. The molecule has 22 heavy (non-hydrogen) atoms. The quantitative estimate of drug-likeness (QED) is 0.804. The Morgan fingerprint density at radius 1 is 1.00 bits per heavy atom. The molecule has 0 aliphatic carbocycles. The van der Waals surface area contributed by atoms with Crippen LogP contribution in [0.1, 0.15) is 18.9 Å². The number of benzene rings is 2. The lowest BCUT2D eigenvalue weighted by molar-refractivity contribution is -0.885. The van der Waals surface area contributed by atoms with Crippen LogP contribution in [0.2, 0.25) is 0 Å². The molecule has 0 radical (unpaired) electrons. The minimum atomic E-state index is 0.125. The van der Waals surface area contributed by atoms with Gasteiger partial charge in [-0.2, -0.15) is 0 Å². The van der Waals surface area contributed by atoms with Gasteiger partial charge in [0.25, 0.3) is 5.91 Å². The minimum absolute atomic E-state index is 0.125. The van der Waals surface area contributed by atoms with Crippen LogP contribution >= 0.6 is 0 Å². The van der Waals surface area contributed by atoms with Crippen molar-refractivity contribution in [2.75, 3.05) is 20.1 Å². The Hall–Kier alpha value is -2.13. The van der Waals surface area contributed by atoms with Crippen LogP contribution in [-0.2, 0) is 11.3 Å². The fraction of sp³-hybridized carbons (Fsp3) is 0.316. The summed E-state index contributed by atoms with van der Waals surface area (Å²) >= 11 is 0. The molecule has 0 aliphatic rings. The van der Waals surface area contributed by atoms with Crippen LogP contribution in [0.5, 0.6) is 0 Å². The number of hydrogen-bond acceptors (Lipinski definition) is 1. The molecule has 3 heteroatoms. The highest BCUT2D eigenvalue weighted by Crippen LogP contribution is 2.18. The van der Waals surface area contributed by atoms with E-state index in [4.69, 9.17) is 0 Å². The van der Waals surface area contributed by atoms with Crippen LogP contribution in [0.25, 0.3) is 11.1 Å². The van der Waals surface area contributed by atoms with Crippen LogP contribution < -0.4 is 10.2 Å². The van der Waals surface area contributed by atoms with Gasteiger partial charge in [-0.15, -0.1) is 0 Å². The lowest BCUT2D eigenvalue weighted by atomic mass is 10.0. The summed E-state index contributed by atoms with van der Waals surface area (Å²) in [7, 11) is 2.05. The summed E-state index contributed by atoms with van der Waals surface area (Å²) in [6, 6.07) is 19.0. The molecule has 0 spiro atoms. The molecule has 3 nitrogen and oxygen atoms in total. The monoisotopic (exact) mass is 297 g/mol. The predicted octanol–water partition coefficient (Wildman–Crippen LogP) is 1.89. The van der Waals surface area contributed by atoms with Gasteiger partial charge in [0, 0.05) is 12.1 Å². The zero-order valence-corrected chi connectivity index (χ0v) is 13.4. The molecule has 0 aromatic heterocycles. The van der Waals surface area contributed by atoms with Crippen molar-refractivity contribution in [3.05, 3.63) is 60.2 Å². The van der Waals surface area contributed by atoms with Crippen molar-refractivity contribution in [2.45, 2.75) is 19.9 Å². The summed E-state index contributed by atoms with van der Waals surface area (Å²) in [4.78, 5) is 12.9. The molecule has 1 atom stereocenters. The maximum absolute atomic E-state index is 11.7. The van der Waals surface area contributed by atoms with Crippen molar-refractivity contribution < 1.29 is 9.69 Å². The highest BCUT2D eigenvalue weighted by atomic mass is 16.2. The molecular formula is C19H25N2O+. The van der Waals surface area contributed by atoms with E-state index in [2.05, 4.69) is 67.8 Å².